The summed E-state index contributed by atoms with van der Waals surface area (Å²) in [6.45, 7) is 2.53. The number of aromatic nitrogens is 2. The van der Waals surface area contributed by atoms with Crippen LogP contribution in [0.5, 0.6) is 0 Å². The summed E-state index contributed by atoms with van der Waals surface area (Å²) in [6.07, 6.45) is -2.97. The Morgan fingerprint density at radius 2 is 1.36 bits per heavy atom. The van der Waals surface area contributed by atoms with Gasteiger partial charge in [0.05, 0.1) is 12.3 Å². The smallest absolute Gasteiger partial charge is 0.387 e. The minimum Gasteiger partial charge on any atom is -0.387 e. The molecule has 1 aromatic rings. The predicted molar refractivity (Wildman–Crippen MR) is 101 cm³/mol. The van der Waals surface area contributed by atoms with Crippen molar-refractivity contribution in [2.24, 2.45) is 0 Å². The molecule has 0 aliphatic carbocycles. The molecule has 4 atom stereocenters. The molecule has 23 heteroatoms. The van der Waals surface area contributed by atoms with Gasteiger partial charge in [0.15, 0.2) is 23.5 Å². The molecule has 0 bridgehead atoms. The van der Waals surface area contributed by atoms with Crippen LogP contribution < -0.4 is 11.4 Å². The average Bonchev–Trinajstić information content (AvgIpc) is 2.69. The van der Waals surface area contributed by atoms with Gasteiger partial charge in [-0.1, -0.05) is 0 Å². The molecular formula is C10H22F2N3O15P3. The van der Waals surface area contributed by atoms with Crippen molar-refractivity contribution in [1.29, 1.82) is 0 Å². The zero-order chi connectivity index (χ0) is 27.2. The molecule has 0 aromatic carbocycles. The molecular weight excluding hydrogens is 533 g/mol. The summed E-state index contributed by atoms with van der Waals surface area (Å²) in [4.78, 5) is 79.5. The molecule has 0 amide bonds. The molecule has 0 spiro atoms. The van der Waals surface area contributed by atoms with Gasteiger partial charge in [-0.3, -0.25) is 4.57 Å². The van der Waals surface area contributed by atoms with E-state index < -0.39 is 64.9 Å². The van der Waals surface area contributed by atoms with Gasteiger partial charge in [0.1, 0.15) is 6.10 Å². The molecule has 2 rings (SSSR count). The van der Waals surface area contributed by atoms with Crippen LogP contribution in [0.25, 0.3) is 0 Å². The van der Waals surface area contributed by atoms with Gasteiger partial charge in [-0.15, -0.1) is 0 Å². The number of nitrogens with zero attached hydrogens (tertiary/aromatic N) is 2. The first-order chi connectivity index (χ1) is 14.2. The van der Waals surface area contributed by atoms with E-state index in [0.29, 0.717) is 4.57 Å². The lowest BCUT2D eigenvalue weighted by molar-refractivity contribution is -0.0479. The van der Waals surface area contributed by atoms with Crippen LogP contribution in [0.1, 0.15) is 20.1 Å². The maximum absolute atomic E-state index is 14.3. The lowest BCUT2D eigenvalue weighted by Gasteiger charge is -2.24. The Hall–Kier alpha value is -1.21. The molecule has 0 saturated carbocycles. The van der Waals surface area contributed by atoms with Gasteiger partial charge >= 0.3 is 29.2 Å². The van der Waals surface area contributed by atoms with Crippen molar-refractivity contribution in [3.05, 3.63) is 22.5 Å². The van der Waals surface area contributed by atoms with Crippen LogP contribution in [0.3, 0.4) is 0 Å². The number of aliphatic hydroxyl groups is 1. The maximum atomic E-state index is 14.3. The van der Waals surface area contributed by atoms with Crippen LogP contribution in [0, 0.1) is 5.82 Å². The van der Waals surface area contributed by atoms with Crippen molar-refractivity contribution >= 4 is 29.3 Å². The number of nitrogen functional groups attached to an aromatic ring is 1. The van der Waals surface area contributed by atoms with Crippen LogP contribution >= 0.6 is 23.5 Å². The van der Waals surface area contributed by atoms with Gasteiger partial charge in [-0.05, 0) is 13.8 Å². The molecule has 18 nitrogen and oxygen atoms in total. The molecule has 1 aliphatic rings. The molecule has 0 radical (unpaired) electrons. The Morgan fingerprint density at radius 3 is 1.64 bits per heavy atom. The molecule has 196 valence electrons. The molecule has 2 heterocycles. The molecule has 33 heavy (non-hydrogen) atoms. The third-order valence-corrected chi connectivity index (χ3v) is 3.04. The molecule has 1 aromatic heterocycles. The zero-order valence-corrected chi connectivity index (χ0v) is 19.1. The second-order valence-corrected chi connectivity index (χ2v) is 9.07. The third-order valence-electron chi connectivity index (χ3n) is 3.04. The van der Waals surface area contributed by atoms with E-state index in [1.807, 2.05) is 0 Å². The summed E-state index contributed by atoms with van der Waals surface area (Å²) in [6, 6.07) is 0. The maximum Gasteiger partial charge on any atom is 0.466 e. The molecule has 1 saturated heterocycles. The second-order valence-electron chi connectivity index (χ2n) is 5.99. The lowest BCUT2D eigenvalue weighted by atomic mass is 9.99. The van der Waals surface area contributed by atoms with Crippen molar-refractivity contribution in [2.45, 2.75) is 38.0 Å². The normalized spacial score (nSPS) is 25.0. The van der Waals surface area contributed by atoms with Gasteiger partial charge in [0.25, 0.3) is 0 Å². The van der Waals surface area contributed by atoms with Gasteiger partial charge in [-0.2, -0.15) is 4.98 Å². The number of hydrogen-bond donors (Lipinski definition) is 11. The average molecular weight is 555 g/mol. The van der Waals surface area contributed by atoms with Crippen molar-refractivity contribution in [2.75, 3.05) is 5.73 Å². The lowest BCUT2D eigenvalue weighted by Crippen LogP contribution is -2.42. The quantitative estimate of drug-likeness (QED) is 0.156. The fourth-order valence-electron chi connectivity index (χ4n) is 1.98. The Balaban J connectivity index is 0. The van der Waals surface area contributed by atoms with E-state index in [-0.39, 0.29) is 0 Å². The number of anilines is 1. The predicted octanol–water partition coefficient (Wildman–Crippen LogP) is -2.81. The summed E-state index contributed by atoms with van der Waals surface area (Å²) in [5, 5.41) is 9.62. The Labute approximate surface area is 182 Å². The van der Waals surface area contributed by atoms with Crippen LogP contribution in [0.4, 0.5) is 14.6 Å². The number of ether oxygens (including phenoxy) is 1. The van der Waals surface area contributed by atoms with Crippen molar-refractivity contribution in [1.82, 2.24) is 9.55 Å². The molecule has 1 fully saturated rings. The molecule has 0 unspecified atom stereocenters. The number of hydrogen-bond acceptors (Lipinski definition) is 8. The van der Waals surface area contributed by atoms with E-state index in [0.717, 1.165) is 13.1 Å². The van der Waals surface area contributed by atoms with E-state index in [4.69, 9.17) is 68.2 Å². The van der Waals surface area contributed by atoms with Gasteiger partial charge in [-0.25, -0.2) is 27.3 Å². The standard InChI is InChI=1S/C10H13F2N3O3.3H3O4P/c1-4-6(16)10(2,12)8(18-4)15-3-5(11)7(13)14-9(15)17;3*1-5(2,3)4/h3-4,6,8,16H,1-2H3,(H2,13,14,17);3*(H3,1,2,3,4)/t4-,6-,8-,10-;;;/m1.../s1. The summed E-state index contributed by atoms with van der Waals surface area (Å²) in [7, 11) is -13.9. The summed E-state index contributed by atoms with van der Waals surface area (Å²) < 4.78 is 60.0. The highest BCUT2D eigenvalue weighted by Gasteiger charge is 2.53. The first-order valence-corrected chi connectivity index (χ1v) is 12.4. The van der Waals surface area contributed by atoms with Crippen LogP contribution in [-0.2, 0) is 18.4 Å². The highest BCUT2D eigenvalue weighted by molar-refractivity contribution is 7.45. The minimum atomic E-state index is -4.64. The fraction of sp³-hybridized carbons (Fsp3) is 0.600. The van der Waals surface area contributed by atoms with Crippen LogP contribution in [0.15, 0.2) is 11.0 Å². The fourth-order valence-corrected chi connectivity index (χ4v) is 1.98. The number of aliphatic hydroxyl groups excluding tert-OH is 1. The van der Waals surface area contributed by atoms with E-state index >= 15 is 0 Å². The van der Waals surface area contributed by atoms with Gasteiger partial charge in [0.2, 0.25) is 0 Å². The minimum absolute atomic E-state index is 0.566. The van der Waals surface area contributed by atoms with Gasteiger partial charge in [0, 0.05) is 0 Å². The topological polar surface area (TPSA) is 324 Å². The number of rotatable bonds is 1. The zero-order valence-electron chi connectivity index (χ0n) is 16.4. The molecule has 12 N–H and O–H groups in total. The Morgan fingerprint density at radius 1 is 1.03 bits per heavy atom. The summed E-state index contributed by atoms with van der Waals surface area (Å²) >= 11 is 0. The molecule has 1 aliphatic heterocycles. The van der Waals surface area contributed by atoms with E-state index in [2.05, 4.69) is 4.98 Å². The Bertz CT molecular complexity index is 900. The number of halogens is 2. The Kier molecular flexibility index (Phi) is 12.8. The monoisotopic (exact) mass is 555 g/mol. The highest BCUT2D eigenvalue weighted by Crippen LogP contribution is 2.40. The van der Waals surface area contributed by atoms with Crippen molar-refractivity contribution in [3.8, 4) is 0 Å². The summed E-state index contributed by atoms with van der Waals surface area (Å²) in [5.41, 5.74) is 1.96. The SMILES string of the molecule is C[C@H]1O[C@@H](n2cc(F)c(N)nc2=O)[C@](C)(F)[C@@H]1O.O=P(O)(O)O.O=P(O)(O)O.O=P(O)(O)O. The van der Waals surface area contributed by atoms with Crippen molar-refractivity contribution in [3.63, 3.8) is 0 Å². The number of alkyl halides is 1. The van der Waals surface area contributed by atoms with Crippen LogP contribution in [0.2, 0.25) is 0 Å². The first-order valence-electron chi connectivity index (χ1n) is 7.66. The van der Waals surface area contributed by atoms with E-state index in [1.54, 1.807) is 0 Å². The number of nitrogens with two attached hydrogens (primary N) is 1. The number of phosphoric acid groups is 3. The third kappa shape index (κ3) is 17.0. The van der Waals surface area contributed by atoms with E-state index in [1.165, 1.54) is 6.92 Å². The van der Waals surface area contributed by atoms with E-state index in [9.17, 15) is 18.7 Å². The largest absolute Gasteiger partial charge is 0.466 e. The highest BCUT2D eigenvalue weighted by atomic mass is 31.2. The summed E-state index contributed by atoms with van der Waals surface area (Å²) in [5.74, 6) is -1.52. The van der Waals surface area contributed by atoms with Gasteiger partial charge < -0.3 is 59.6 Å². The van der Waals surface area contributed by atoms with Crippen LogP contribution in [-0.4, -0.2) is 76.6 Å². The second kappa shape index (κ2) is 12.5. The first kappa shape index (κ1) is 34.0. The van der Waals surface area contributed by atoms with Crippen molar-refractivity contribution < 1.29 is 76.4 Å².